The first-order valence-electron chi connectivity index (χ1n) is 5.70. The van der Waals surface area contributed by atoms with Gasteiger partial charge in [-0.15, -0.1) is 0 Å². The molecular formula is C11H20N2O3S. The van der Waals surface area contributed by atoms with Gasteiger partial charge in [-0.1, -0.05) is 0 Å². The Hall–Kier alpha value is -0.850. The molecule has 2 N–H and O–H groups in total. The van der Waals surface area contributed by atoms with Crippen molar-refractivity contribution in [3.8, 4) is 0 Å². The topological polar surface area (TPSA) is 71.3 Å². The Kier molecular flexibility index (Phi) is 5.67. The smallest absolute Gasteiger partial charge is 0.212 e. The molecule has 0 saturated heterocycles. The minimum atomic E-state index is -3.10. The van der Waals surface area contributed by atoms with Crippen LogP contribution in [-0.2, 0) is 16.4 Å². The molecule has 0 fully saturated rings. The monoisotopic (exact) mass is 260 g/mol. The van der Waals surface area contributed by atoms with Gasteiger partial charge < -0.3 is 9.73 Å². The maximum atomic E-state index is 11.2. The highest BCUT2D eigenvalue weighted by Crippen LogP contribution is 2.05. The van der Waals surface area contributed by atoms with Gasteiger partial charge >= 0.3 is 0 Å². The van der Waals surface area contributed by atoms with Crippen LogP contribution in [0, 0.1) is 0 Å². The predicted molar refractivity (Wildman–Crippen MR) is 67.3 cm³/mol. The molecule has 98 valence electrons. The first-order chi connectivity index (χ1) is 8.03. The van der Waals surface area contributed by atoms with Gasteiger partial charge in [-0.2, -0.15) is 0 Å². The van der Waals surface area contributed by atoms with Crippen molar-refractivity contribution in [2.24, 2.45) is 0 Å². The Morgan fingerprint density at radius 1 is 1.47 bits per heavy atom. The van der Waals surface area contributed by atoms with Gasteiger partial charge in [0, 0.05) is 19.0 Å². The van der Waals surface area contributed by atoms with Gasteiger partial charge in [0.25, 0.3) is 0 Å². The fourth-order valence-corrected chi connectivity index (χ4v) is 2.05. The normalized spacial score (nSPS) is 13.8. The van der Waals surface area contributed by atoms with Crippen LogP contribution in [0.2, 0.25) is 0 Å². The van der Waals surface area contributed by atoms with E-state index in [0.29, 0.717) is 6.54 Å². The molecule has 0 aliphatic carbocycles. The molecule has 0 spiro atoms. The number of hydrogen-bond acceptors (Lipinski definition) is 4. The van der Waals surface area contributed by atoms with E-state index in [2.05, 4.69) is 10.0 Å². The summed E-state index contributed by atoms with van der Waals surface area (Å²) < 4.78 is 29.8. The molecule has 1 unspecified atom stereocenters. The second kappa shape index (κ2) is 6.78. The zero-order valence-electron chi connectivity index (χ0n) is 10.3. The molecule has 5 nitrogen and oxygen atoms in total. The average molecular weight is 260 g/mol. The fourth-order valence-electron chi connectivity index (χ4n) is 1.46. The highest BCUT2D eigenvalue weighted by molar-refractivity contribution is 7.89. The Morgan fingerprint density at radius 3 is 2.82 bits per heavy atom. The van der Waals surface area contributed by atoms with Crippen molar-refractivity contribution in [2.45, 2.75) is 25.8 Å². The third kappa shape index (κ3) is 5.86. The summed E-state index contributed by atoms with van der Waals surface area (Å²) in [6.45, 7) is 2.50. The summed E-state index contributed by atoms with van der Waals surface area (Å²) in [4.78, 5) is 0. The van der Waals surface area contributed by atoms with E-state index < -0.39 is 10.0 Å². The number of furan rings is 1. The zero-order chi connectivity index (χ0) is 12.7. The molecule has 1 atom stereocenters. The molecule has 1 rings (SSSR count). The summed E-state index contributed by atoms with van der Waals surface area (Å²) in [5.41, 5.74) is 0. The van der Waals surface area contributed by atoms with Crippen molar-refractivity contribution in [3.63, 3.8) is 0 Å². The van der Waals surface area contributed by atoms with Gasteiger partial charge in [0.05, 0.1) is 12.0 Å². The molecule has 6 heteroatoms. The van der Waals surface area contributed by atoms with Crippen LogP contribution in [0.4, 0.5) is 0 Å². The van der Waals surface area contributed by atoms with E-state index in [0.717, 1.165) is 18.6 Å². The SMILES string of the molecule is CNS(=O)(=O)CCNC(C)CCc1ccco1. The molecule has 0 bridgehead atoms. The van der Waals surface area contributed by atoms with E-state index in [-0.39, 0.29) is 11.8 Å². The van der Waals surface area contributed by atoms with Crippen LogP contribution in [0.15, 0.2) is 22.8 Å². The summed E-state index contributed by atoms with van der Waals surface area (Å²) in [5, 5.41) is 3.17. The van der Waals surface area contributed by atoms with Crippen molar-refractivity contribution in [3.05, 3.63) is 24.2 Å². The van der Waals surface area contributed by atoms with Crippen LogP contribution in [-0.4, -0.2) is 33.8 Å². The van der Waals surface area contributed by atoms with E-state index >= 15 is 0 Å². The highest BCUT2D eigenvalue weighted by Gasteiger charge is 2.08. The standard InChI is InChI=1S/C11H20N2O3S/c1-10(5-6-11-4-3-8-16-11)13-7-9-17(14,15)12-2/h3-4,8,10,12-13H,5-7,9H2,1-2H3. The first-order valence-corrected chi connectivity index (χ1v) is 7.35. The van der Waals surface area contributed by atoms with Gasteiger partial charge in [0.1, 0.15) is 5.76 Å². The van der Waals surface area contributed by atoms with Crippen molar-refractivity contribution in [1.29, 1.82) is 0 Å². The number of sulfonamides is 1. The number of hydrogen-bond donors (Lipinski definition) is 2. The summed E-state index contributed by atoms with van der Waals surface area (Å²) >= 11 is 0. The Bertz CT molecular complexity index is 400. The minimum Gasteiger partial charge on any atom is -0.469 e. The molecular weight excluding hydrogens is 240 g/mol. The number of rotatable bonds is 8. The quantitative estimate of drug-likeness (QED) is 0.723. The molecule has 1 aromatic rings. The van der Waals surface area contributed by atoms with Crippen LogP contribution < -0.4 is 10.0 Å². The minimum absolute atomic E-state index is 0.106. The average Bonchev–Trinajstić information content (AvgIpc) is 2.79. The lowest BCUT2D eigenvalue weighted by Crippen LogP contribution is -2.34. The van der Waals surface area contributed by atoms with Crippen molar-refractivity contribution >= 4 is 10.0 Å². The van der Waals surface area contributed by atoms with Crippen LogP contribution in [0.25, 0.3) is 0 Å². The maximum Gasteiger partial charge on any atom is 0.212 e. The molecule has 0 aromatic carbocycles. The predicted octanol–water partition coefficient (Wildman–Crippen LogP) is 0.740. The van der Waals surface area contributed by atoms with Gasteiger partial charge in [0.2, 0.25) is 10.0 Å². The van der Waals surface area contributed by atoms with Crippen LogP contribution in [0.1, 0.15) is 19.1 Å². The number of nitrogens with one attached hydrogen (secondary N) is 2. The van der Waals surface area contributed by atoms with E-state index in [9.17, 15) is 8.42 Å². The molecule has 1 heterocycles. The van der Waals surface area contributed by atoms with Crippen molar-refractivity contribution < 1.29 is 12.8 Å². The summed E-state index contributed by atoms with van der Waals surface area (Å²) in [6, 6.07) is 4.08. The Morgan fingerprint density at radius 2 is 2.24 bits per heavy atom. The largest absolute Gasteiger partial charge is 0.469 e. The van der Waals surface area contributed by atoms with Crippen LogP contribution >= 0.6 is 0 Å². The summed E-state index contributed by atoms with van der Waals surface area (Å²) in [5.74, 6) is 1.07. The third-order valence-electron chi connectivity index (χ3n) is 2.58. The van der Waals surface area contributed by atoms with Gasteiger partial charge in [-0.25, -0.2) is 13.1 Å². The molecule has 17 heavy (non-hydrogen) atoms. The summed E-state index contributed by atoms with van der Waals surface area (Å²) in [6.07, 6.45) is 3.44. The lowest BCUT2D eigenvalue weighted by molar-refractivity contribution is 0.465. The van der Waals surface area contributed by atoms with Gasteiger partial charge in [0.15, 0.2) is 0 Å². The molecule has 0 amide bonds. The van der Waals surface area contributed by atoms with Crippen LogP contribution in [0.3, 0.4) is 0 Å². The molecule has 0 radical (unpaired) electrons. The van der Waals surface area contributed by atoms with E-state index in [1.165, 1.54) is 7.05 Å². The second-order valence-electron chi connectivity index (χ2n) is 4.00. The Labute approximate surface area is 103 Å². The van der Waals surface area contributed by atoms with E-state index in [1.54, 1.807) is 6.26 Å². The number of aryl methyl sites for hydroxylation is 1. The van der Waals surface area contributed by atoms with Gasteiger partial charge in [-0.3, -0.25) is 0 Å². The molecule has 0 aliphatic rings. The van der Waals surface area contributed by atoms with Crippen molar-refractivity contribution in [1.82, 2.24) is 10.0 Å². The highest BCUT2D eigenvalue weighted by atomic mass is 32.2. The zero-order valence-corrected chi connectivity index (χ0v) is 11.1. The maximum absolute atomic E-state index is 11.2. The molecule has 0 aliphatic heterocycles. The second-order valence-corrected chi connectivity index (χ2v) is 6.04. The third-order valence-corrected chi connectivity index (χ3v) is 3.94. The van der Waals surface area contributed by atoms with Crippen LogP contribution in [0.5, 0.6) is 0 Å². The van der Waals surface area contributed by atoms with E-state index in [4.69, 9.17) is 4.42 Å². The molecule has 1 aromatic heterocycles. The first kappa shape index (κ1) is 14.2. The van der Waals surface area contributed by atoms with Crippen molar-refractivity contribution in [2.75, 3.05) is 19.3 Å². The lowest BCUT2D eigenvalue weighted by Gasteiger charge is -2.12. The van der Waals surface area contributed by atoms with Gasteiger partial charge in [-0.05, 0) is 32.5 Å². The van der Waals surface area contributed by atoms with E-state index in [1.807, 2.05) is 19.1 Å². The molecule has 0 saturated carbocycles. The lowest BCUT2D eigenvalue weighted by atomic mass is 10.1. The summed E-state index contributed by atoms with van der Waals surface area (Å²) in [7, 11) is -1.68. The Balaban J connectivity index is 2.15. The fraction of sp³-hybridized carbons (Fsp3) is 0.636.